The highest BCUT2D eigenvalue weighted by Gasteiger charge is 2.20. The summed E-state index contributed by atoms with van der Waals surface area (Å²) in [4.78, 5) is 4.59. The predicted molar refractivity (Wildman–Crippen MR) is 136 cm³/mol. The second kappa shape index (κ2) is 7.06. The van der Waals surface area contributed by atoms with Crippen molar-refractivity contribution in [2.24, 2.45) is 0 Å². The van der Waals surface area contributed by atoms with Crippen molar-refractivity contribution in [2.75, 3.05) is 0 Å². The summed E-state index contributed by atoms with van der Waals surface area (Å²) >= 11 is 0. The number of para-hydroxylation sites is 3. The van der Waals surface area contributed by atoms with Crippen LogP contribution in [-0.4, -0.2) is 9.55 Å². The van der Waals surface area contributed by atoms with Crippen molar-refractivity contribution in [3.63, 3.8) is 0 Å². The third-order valence-electron chi connectivity index (χ3n) is 6.49. The normalized spacial score (nSPS) is 11.5. The minimum atomic E-state index is 0.544. The third kappa shape index (κ3) is 2.55. The molecule has 7 aromatic rings. The summed E-state index contributed by atoms with van der Waals surface area (Å²) in [6, 6.07) is 35.1. The van der Waals surface area contributed by atoms with Gasteiger partial charge in [0.2, 0.25) is 0 Å². The van der Waals surface area contributed by atoms with Gasteiger partial charge < -0.3 is 8.98 Å². The van der Waals surface area contributed by atoms with Crippen LogP contribution in [-0.2, 0) is 0 Å². The number of pyridine rings is 1. The van der Waals surface area contributed by atoms with Gasteiger partial charge in [0.25, 0.3) is 0 Å². The Labute approximate surface area is 194 Å². The molecule has 3 heterocycles. The van der Waals surface area contributed by atoms with Gasteiger partial charge in [-0.2, -0.15) is 5.26 Å². The Bertz CT molecular complexity index is 1920. The van der Waals surface area contributed by atoms with E-state index in [1.54, 1.807) is 6.20 Å². The second-order valence-electron chi connectivity index (χ2n) is 8.35. The van der Waals surface area contributed by atoms with E-state index in [1.807, 2.05) is 42.5 Å². The van der Waals surface area contributed by atoms with Crippen molar-refractivity contribution in [1.29, 1.82) is 5.26 Å². The van der Waals surface area contributed by atoms with Crippen molar-refractivity contribution in [3.8, 4) is 23.0 Å². The van der Waals surface area contributed by atoms with E-state index in [9.17, 15) is 5.26 Å². The zero-order chi connectivity index (χ0) is 22.6. The minimum absolute atomic E-state index is 0.544. The maximum absolute atomic E-state index is 9.20. The Balaban J connectivity index is 1.65. The largest absolute Gasteiger partial charge is 0.454 e. The average Bonchev–Trinajstić information content (AvgIpc) is 3.45. The summed E-state index contributed by atoms with van der Waals surface area (Å²) in [5.41, 5.74) is 7.25. The van der Waals surface area contributed by atoms with E-state index in [0.29, 0.717) is 5.56 Å². The van der Waals surface area contributed by atoms with Crippen LogP contribution in [0.25, 0.3) is 60.7 Å². The van der Waals surface area contributed by atoms with Gasteiger partial charge in [-0.25, -0.2) is 0 Å². The molecule has 0 radical (unpaired) electrons. The molecule has 34 heavy (non-hydrogen) atoms. The topological polar surface area (TPSA) is 54.8 Å². The van der Waals surface area contributed by atoms with E-state index in [2.05, 4.69) is 70.2 Å². The van der Waals surface area contributed by atoms with Crippen molar-refractivity contribution < 1.29 is 4.42 Å². The summed E-state index contributed by atoms with van der Waals surface area (Å²) < 4.78 is 8.74. The maximum Gasteiger partial charge on any atom is 0.160 e. The fourth-order valence-corrected chi connectivity index (χ4v) is 4.99. The molecule has 4 aromatic carbocycles. The molecule has 0 atom stereocenters. The van der Waals surface area contributed by atoms with Gasteiger partial charge in [-0.1, -0.05) is 60.7 Å². The lowest BCUT2D eigenvalue weighted by atomic mass is 10.1. The van der Waals surface area contributed by atoms with Crippen LogP contribution in [0.4, 0.5) is 0 Å². The molecule has 0 aliphatic heterocycles. The predicted octanol–water partition coefficient (Wildman–Crippen LogP) is 7.62. The summed E-state index contributed by atoms with van der Waals surface area (Å²) in [7, 11) is 0. The highest BCUT2D eigenvalue weighted by molar-refractivity contribution is 6.21. The average molecular weight is 435 g/mol. The molecule has 0 N–H and O–H groups in total. The van der Waals surface area contributed by atoms with Crippen LogP contribution in [0.15, 0.2) is 108 Å². The second-order valence-corrected chi connectivity index (χ2v) is 8.35. The van der Waals surface area contributed by atoms with Gasteiger partial charge in [-0.3, -0.25) is 4.98 Å². The van der Waals surface area contributed by atoms with E-state index >= 15 is 0 Å². The molecule has 0 saturated carbocycles. The molecule has 0 amide bonds. The van der Waals surface area contributed by atoms with E-state index in [-0.39, 0.29) is 0 Å². The monoisotopic (exact) mass is 435 g/mol. The van der Waals surface area contributed by atoms with E-state index < -0.39 is 0 Å². The first-order valence-electron chi connectivity index (χ1n) is 11.1. The number of furan rings is 1. The minimum Gasteiger partial charge on any atom is -0.454 e. The van der Waals surface area contributed by atoms with E-state index in [0.717, 1.165) is 55.3 Å². The summed E-state index contributed by atoms with van der Waals surface area (Å²) in [5.74, 6) is 0. The summed E-state index contributed by atoms with van der Waals surface area (Å²) in [5, 5.41) is 13.7. The van der Waals surface area contributed by atoms with Crippen LogP contribution in [0, 0.1) is 11.3 Å². The fourth-order valence-electron chi connectivity index (χ4n) is 4.99. The SMILES string of the molecule is N#Cc1ccc(-c2ccccc2-n2c3ccccc3c3ccc4c5ccccc5oc4c32)nc1. The molecule has 0 aliphatic carbocycles. The molecule has 0 fully saturated rings. The van der Waals surface area contributed by atoms with Crippen molar-refractivity contribution in [1.82, 2.24) is 9.55 Å². The van der Waals surface area contributed by atoms with Gasteiger partial charge in [0, 0.05) is 33.3 Å². The quantitative estimate of drug-likeness (QED) is 0.281. The first-order valence-corrected chi connectivity index (χ1v) is 11.1. The zero-order valence-corrected chi connectivity index (χ0v) is 18.1. The lowest BCUT2D eigenvalue weighted by molar-refractivity contribution is 0.671. The fraction of sp³-hybridized carbons (Fsp3) is 0. The van der Waals surface area contributed by atoms with Crippen LogP contribution < -0.4 is 0 Å². The van der Waals surface area contributed by atoms with Crippen LogP contribution in [0.3, 0.4) is 0 Å². The zero-order valence-electron chi connectivity index (χ0n) is 18.1. The molecule has 0 unspecified atom stereocenters. The summed E-state index contributed by atoms with van der Waals surface area (Å²) in [6.45, 7) is 0. The molecule has 0 spiro atoms. The number of nitrogens with zero attached hydrogens (tertiary/aromatic N) is 3. The highest BCUT2D eigenvalue weighted by Crippen LogP contribution is 2.41. The number of fused-ring (bicyclic) bond motifs is 7. The molecule has 0 saturated heterocycles. The Morgan fingerprint density at radius 3 is 2.32 bits per heavy atom. The smallest absolute Gasteiger partial charge is 0.160 e. The van der Waals surface area contributed by atoms with Gasteiger partial charge in [0.15, 0.2) is 5.58 Å². The van der Waals surface area contributed by atoms with Gasteiger partial charge in [-0.05, 0) is 36.4 Å². The lowest BCUT2D eigenvalue weighted by Gasteiger charge is -2.13. The first-order chi connectivity index (χ1) is 16.8. The number of rotatable bonds is 2. The lowest BCUT2D eigenvalue weighted by Crippen LogP contribution is -1.98. The summed E-state index contributed by atoms with van der Waals surface area (Å²) in [6.07, 6.45) is 1.62. The Morgan fingerprint density at radius 1 is 0.706 bits per heavy atom. The Kier molecular flexibility index (Phi) is 3.88. The van der Waals surface area contributed by atoms with Crippen LogP contribution in [0.1, 0.15) is 5.56 Å². The van der Waals surface area contributed by atoms with Gasteiger partial charge in [0.1, 0.15) is 11.7 Å². The number of aromatic nitrogens is 2. The molecule has 4 heteroatoms. The van der Waals surface area contributed by atoms with Crippen LogP contribution in [0.5, 0.6) is 0 Å². The Hall–Kier alpha value is -4.88. The molecule has 4 nitrogen and oxygen atoms in total. The van der Waals surface area contributed by atoms with Crippen LogP contribution in [0.2, 0.25) is 0 Å². The van der Waals surface area contributed by atoms with Gasteiger partial charge in [0.05, 0.1) is 28.0 Å². The van der Waals surface area contributed by atoms with E-state index in [1.165, 1.54) is 5.39 Å². The third-order valence-corrected chi connectivity index (χ3v) is 6.49. The highest BCUT2D eigenvalue weighted by atomic mass is 16.3. The number of benzene rings is 4. The van der Waals surface area contributed by atoms with Gasteiger partial charge in [-0.15, -0.1) is 0 Å². The molecule has 7 rings (SSSR count). The molecule has 3 aromatic heterocycles. The molecule has 0 bridgehead atoms. The molecule has 158 valence electrons. The number of hydrogen-bond acceptors (Lipinski definition) is 3. The van der Waals surface area contributed by atoms with Gasteiger partial charge >= 0.3 is 0 Å². The number of hydrogen-bond donors (Lipinski definition) is 0. The van der Waals surface area contributed by atoms with Crippen molar-refractivity contribution in [3.05, 3.63) is 109 Å². The Morgan fingerprint density at radius 2 is 1.47 bits per heavy atom. The van der Waals surface area contributed by atoms with Crippen LogP contribution >= 0.6 is 0 Å². The first kappa shape index (κ1) is 18.7. The molecular formula is C30H17N3O. The maximum atomic E-state index is 9.20. The molecular weight excluding hydrogens is 418 g/mol. The molecule has 0 aliphatic rings. The van der Waals surface area contributed by atoms with Crippen molar-refractivity contribution in [2.45, 2.75) is 0 Å². The number of nitriles is 1. The van der Waals surface area contributed by atoms with E-state index in [4.69, 9.17) is 4.42 Å². The van der Waals surface area contributed by atoms with Crippen molar-refractivity contribution >= 4 is 43.7 Å². The standard InChI is InChI=1S/C30H17N3O/c31-17-19-13-16-25(32-18-19)24-9-2-5-11-27(24)33-26-10-4-1-7-20(26)22-14-15-23-21-8-3-6-12-28(21)34-30(23)29(22)33/h1-16,18H.